The van der Waals surface area contributed by atoms with Crippen LogP contribution < -0.4 is 0 Å². The zero-order valence-corrected chi connectivity index (χ0v) is 13.3. The van der Waals surface area contributed by atoms with Gasteiger partial charge in [0.05, 0.1) is 12.2 Å². The van der Waals surface area contributed by atoms with E-state index in [1.807, 2.05) is 60.7 Å². The van der Waals surface area contributed by atoms with Gasteiger partial charge in [0.2, 0.25) is 10.3 Å². The smallest absolute Gasteiger partial charge is 0.216 e. The van der Waals surface area contributed by atoms with Gasteiger partial charge >= 0.3 is 0 Å². The zero-order chi connectivity index (χ0) is 16.2. The molecule has 8 nitrogen and oxygen atoms in total. The molecule has 24 heavy (non-hydrogen) atoms. The third-order valence-electron chi connectivity index (χ3n) is 3.30. The fourth-order valence-corrected chi connectivity index (χ4v) is 2.93. The van der Waals surface area contributed by atoms with Gasteiger partial charge in [-0.05, 0) is 50.3 Å². The van der Waals surface area contributed by atoms with E-state index in [0.717, 1.165) is 11.3 Å². The van der Waals surface area contributed by atoms with Crippen LogP contribution in [0.5, 0.6) is 0 Å². The Kier molecular flexibility index (Phi) is 3.98. The highest BCUT2D eigenvalue weighted by Crippen LogP contribution is 2.24. The third kappa shape index (κ3) is 3.01. The molecule has 0 spiro atoms. The Morgan fingerprint density at radius 2 is 1.42 bits per heavy atom. The number of nitrogens with zero attached hydrogens (tertiary/aromatic N) is 8. The van der Waals surface area contributed by atoms with Crippen molar-refractivity contribution in [1.29, 1.82) is 0 Å². The van der Waals surface area contributed by atoms with Gasteiger partial charge in [-0.1, -0.05) is 48.5 Å². The number of hydrogen-bond acceptors (Lipinski definition) is 7. The molecule has 4 aromatic rings. The molecule has 4 rings (SSSR count). The molecule has 0 fully saturated rings. The van der Waals surface area contributed by atoms with Gasteiger partial charge in [0.25, 0.3) is 0 Å². The van der Waals surface area contributed by atoms with Crippen molar-refractivity contribution in [2.45, 2.75) is 16.9 Å². The average molecular weight is 336 g/mol. The molecule has 0 amide bonds. The zero-order valence-electron chi connectivity index (χ0n) is 12.5. The van der Waals surface area contributed by atoms with Crippen LogP contribution in [-0.4, -0.2) is 40.4 Å². The molecule has 0 bridgehead atoms. The van der Waals surface area contributed by atoms with E-state index in [-0.39, 0.29) is 0 Å². The van der Waals surface area contributed by atoms with Crippen LogP contribution in [0, 0.1) is 0 Å². The maximum absolute atomic E-state index is 4.08. The van der Waals surface area contributed by atoms with Gasteiger partial charge in [0.15, 0.2) is 0 Å². The lowest BCUT2D eigenvalue weighted by Crippen LogP contribution is -2.05. The molecule has 2 heterocycles. The van der Waals surface area contributed by atoms with E-state index in [9.17, 15) is 0 Å². The second-order valence-electron chi connectivity index (χ2n) is 4.92. The molecule has 0 aliphatic carbocycles. The van der Waals surface area contributed by atoms with Gasteiger partial charge in [-0.15, -0.1) is 10.2 Å². The maximum atomic E-state index is 4.08. The van der Waals surface area contributed by atoms with Crippen molar-refractivity contribution < 1.29 is 0 Å². The molecule has 0 atom stereocenters. The average Bonchev–Trinajstić information content (AvgIpc) is 3.27. The van der Waals surface area contributed by atoms with E-state index in [0.29, 0.717) is 16.9 Å². The van der Waals surface area contributed by atoms with Gasteiger partial charge in [-0.3, -0.25) is 0 Å². The lowest BCUT2D eigenvalue weighted by Gasteiger charge is -2.05. The first-order valence-electron chi connectivity index (χ1n) is 7.22. The van der Waals surface area contributed by atoms with Gasteiger partial charge in [0, 0.05) is 0 Å². The van der Waals surface area contributed by atoms with E-state index < -0.39 is 0 Å². The highest BCUT2D eigenvalue weighted by atomic mass is 32.2. The Morgan fingerprint density at radius 1 is 0.750 bits per heavy atom. The van der Waals surface area contributed by atoms with Gasteiger partial charge in [0.1, 0.15) is 0 Å². The lowest BCUT2D eigenvalue weighted by molar-refractivity contribution is 0.601. The van der Waals surface area contributed by atoms with Crippen molar-refractivity contribution in [1.82, 2.24) is 40.4 Å². The SMILES string of the molecule is c1ccc(Cn2nnnc2Sc2nnnn2-c2ccccc2)cc1. The normalized spacial score (nSPS) is 10.8. The van der Waals surface area contributed by atoms with Crippen LogP contribution in [0.3, 0.4) is 0 Å². The molecule has 0 aliphatic heterocycles. The van der Waals surface area contributed by atoms with Gasteiger partial charge in [-0.25, -0.2) is 4.68 Å². The van der Waals surface area contributed by atoms with Gasteiger partial charge < -0.3 is 0 Å². The van der Waals surface area contributed by atoms with Crippen LogP contribution in [0.25, 0.3) is 5.69 Å². The summed E-state index contributed by atoms with van der Waals surface area (Å²) >= 11 is 1.32. The summed E-state index contributed by atoms with van der Waals surface area (Å²) in [5, 5.41) is 25.0. The Hall–Kier alpha value is -3.07. The number of tetrazole rings is 2. The molecule has 0 radical (unpaired) electrons. The first-order valence-corrected chi connectivity index (χ1v) is 8.03. The quantitative estimate of drug-likeness (QED) is 0.549. The van der Waals surface area contributed by atoms with Gasteiger partial charge in [-0.2, -0.15) is 4.68 Å². The topological polar surface area (TPSA) is 87.2 Å². The standard InChI is InChI=1S/C15H12N8S/c1-3-7-12(8-4-1)11-22-14(16-18-20-22)24-15-17-19-21-23(15)13-9-5-2-6-10-13/h1-10H,11H2. The number of para-hydroxylation sites is 1. The molecule has 118 valence electrons. The van der Waals surface area contributed by atoms with Crippen molar-refractivity contribution in [2.24, 2.45) is 0 Å². The van der Waals surface area contributed by atoms with Crippen LogP contribution in [0.15, 0.2) is 71.0 Å². The van der Waals surface area contributed by atoms with Crippen molar-refractivity contribution >= 4 is 11.8 Å². The fourth-order valence-electron chi connectivity index (χ4n) is 2.18. The molecule has 9 heteroatoms. The maximum Gasteiger partial charge on any atom is 0.221 e. The molecular weight excluding hydrogens is 324 g/mol. The van der Waals surface area contributed by atoms with Crippen LogP contribution in [-0.2, 0) is 6.54 Å². The Morgan fingerprint density at radius 3 is 2.21 bits per heavy atom. The summed E-state index contributed by atoms with van der Waals surface area (Å²) in [5.74, 6) is 0. The summed E-state index contributed by atoms with van der Waals surface area (Å²) in [4.78, 5) is 0. The predicted molar refractivity (Wildman–Crippen MR) is 86.6 cm³/mol. The van der Waals surface area contributed by atoms with Crippen molar-refractivity contribution in [2.75, 3.05) is 0 Å². The molecule has 0 aliphatic rings. The number of aromatic nitrogens is 8. The third-order valence-corrected chi connectivity index (χ3v) is 4.21. The predicted octanol–water partition coefficient (Wildman–Crippen LogP) is 1.85. The minimum atomic E-state index is 0.586. The highest BCUT2D eigenvalue weighted by molar-refractivity contribution is 7.99. The molecular formula is C15H12N8S. The van der Waals surface area contributed by atoms with E-state index in [2.05, 4.69) is 31.1 Å². The molecule has 0 N–H and O–H groups in total. The van der Waals surface area contributed by atoms with Crippen molar-refractivity contribution in [3.63, 3.8) is 0 Å². The summed E-state index contributed by atoms with van der Waals surface area (Å²) in [5.41, 5.74) is 2.00. The Labute approximate surface area is 141 Å². The summed E-state index contributed by atoms with van der Waals surface area (Å²) < 4.78 is 3.39. The number of rotatable bonds is 5. The largest absolute Gasteiger partial charge is 0.221 e. The molecule has 2 aromatic heterocycles. The monoisotopic (exact) mass is 336 g/mol. The number of benzene rings is 2. The second kappa shape index (κ2) is 6.59. The summed E-state index contributed by atoms with van der Waals surface area (Å²) in [6.07, 6.45) is 0. The van der Waals surface area contributed by atoms with Crippen LogP contribution in [0.4, 0.5) is 0 Å². The summed E-state index contributed by atoms with van der Waals surface area (Å²) in [6.45, 7) is 0.586. The molecule has 2 aromatic carbocycles. The summed E-state index contributed by atoms with van der Waals surface area (Å²) in [7, 11) is 0. The fraction of sp³-hybridized carbons (Fsp3) is 0.0667. The molecule has 0 saturated heterocycles. The minimum absolute atomic E-state index is 0.586. The highest BCUT2D eigenvalue weighted by Gasteiger charge is 2.15. The van der Waals surface area contributed by atoms with E-state index >= 15 is 0 Å². The molecule has 0 saturated carbocycles. The van der Waals surface area contributed by atoms with E-state index in [4.69, 9.17) is 0 Å². The van der Waals surface area contributed by atoms with E-state index in [1.54, 1.807) is 9.36 Å². The van der Waals surface area contributed by atoms with Crippen molar-refractivity contribution in [3.8, 4) is 5.69 Å². The second-order valence-corrected chi connectivity index (χ2v) is 5.85. The first kappa shape index (κ1) is 14.5. The molecule has 0 unspecified atom stereocenters. The first-order chi connectivity index (χ1) is 11.9. The minimum Gasteiger partial charge on any atom is -0.216 e. The Balaban J connectivity index is 1.60. The Bertz CT molecular complexity index is 919. The lowest BCUT2D eigenvalue weighted by atomic mass is 10.2. The summed E-state index contributed by atoms with van der Waals surface area (Å²) in [6, 6.07) is 19.7. The van der Waals surface area contributed by atoms with Crippen LogP contribution >= 0.6 is 11.8 Å². The van der Waals surface area contributed by atoms with Crippen molar-refractivity contribution in [3.05, 3.63) is 66.2 Å². The van der Waals surface area contributed by atoms with E-state index in [1.165, 1.54) is 11.8 Å². The number of hydrogen-bond donors (Lipinski definition) is 0. The van der Waals surface area contributed by atoms with Crippen LogP contribution in [0.2, 0.25) is 0 Å². The van der Waals surface area contributed by atoms with Crippen LogP contribution in [0.1, 0.15) is 5.56 Å².